The highest BCUT2D eigenvalue weighted by atomic mass is 32.1. The van der Waals surface area contributed by atoms with Crippen molar-refractivity contribution in [1.29, 1.82) is 0 Å². The lowest BCUT2D eigenvalue weighted by atomic mass is 9.92. The fourth-order valence-electron chi connectivity index (χ4n) is 5.18. The molecule has 1 fully saturated rings. The molecule has 0 aromatic carbocycles. The summed E-state index contributed by atoms with van der Waals surface area (Å²) in [5, 5.41) is 16.6. The zero-order chi connectivity index (χ0) is 32.4. The van der Waals surface area contributed by atoms with E-state index in [1.54, 1.807) is 11.9 Å². The third-order valence-corrected chi connectivity index (χ3v) is 9.19. The molecule has 0 spiro atoms. The molecule has 1 saturated heterocycles. The topological polar surface area (TPSA) is 158 Å². The summed E-state index contributed by atoms with van der Waals surface area (Å²) in [6.45, 7) is 11.4. The fraction of sp³-hybridized carbons (Fsp3) is 0.733. The van der Waals surface area contributed by atoms with E-state index in [1.165, 1.54) is 19.2 Å². The molecule has 1 aliphatic heterocycles. The number of carbonyl (C=O) groups is 5. The average molecular weight is 624 g/mol. The summed E-state index contributed by atoms with van der Waals surface area (Å²) in [4.78, 5) is 71.1. The Labute approximate surface area is 258 Å². The number of esters is 1. The first kappa shape index (κ1) is 36.1. The molecular weight excluding hydrogens is 574 g/mol. The second-order valence-corrected chi connectivity index (χ2v) is 12.9. The molecule has 43 heavy (non-hydrogen) atoms. The molecule has 2 unspecified atom stereocenters. The van der Waals surface area contributed by atoms with Crippen LogP contribution in [0.3, 0.4) is 0 Å². The first-order valence-corrected chi connectivity index (χ1v) is 16.0. The lowest BCUT2D eigenvalue weighted by molar-refractivity contribution is -0.149. The Kier molecular flexibility index (Phi) is 14.0. The lowest BCUT2D eigenvalue weighted by Gasteiger charge is -2.38. The van der Waals surface area contributed by atoms with Gasteiger partial charge < -0.3 is 25.4 Å². The molecule has 2 rings (SSSR count). The van der Waals surface area contributed by atoms with E-state index in [2.05, 4.69) is 15.6 Å². The Morgan fingerprint density at radius 3 is 2.42 bits per heavy atom. The van der Waals surface area contributed by atoms with Crippen molar-refractivity contribution in [3.05, 3.63) is 16.1 Å². The number of nitrogens with one attached hydrogen (secondary N) is 2. The van der Waals surface area contributed by atoms with E-state index in [9.17, 15) is 24.0 Å². The van der Waals surface area contributed by atoms with Crippen molar-refractivity contribution in [3.63, 3.8) is 0 Å². The molecule has 0 saturated carbocycles. The number of piperidine rings is 1. The Balaban J connectivity index is 2.25. The quantitative estimate of drug-likeness (QED) is 0.250. The van der Waals surface area contributed by atoms with Crippen molar-refractivity contribution in [2.75, 3.05) is 27.2 Å². The Bertz CT molecular complexity index is 1130. The molecule has 1 aromatic rings. The minimum Gasteiger partial charge on any atom is -0.481 e. The van der Waals surface area contributed by atoms with Gasteiger partial charge in [-0.1, -0.05) is 47.5 Å². The van der Waals surface area contributed by atoms with Crippen LogP contribution in [0.5, 0.6) is 0 Å². The summed E-state index contributed by atoms with van der Waals surface area (Å²) in [5.74, 6) is -3.33. The van der Waals surface area contributed by atoms with Crippen LogP contribution >= 0.6 is 11.3 Å². The number of hydrogen-bond acceptors (Lipinski definition) is 9. The normalized spacial score (nSPS) is 19.0. The molecule has 1 aliphatic rings. The van der Waals surface area contributed by atoms with E-state index in [0.717, 1.165) is 37.1 Å². The minimum absolute atomic E-state index is 0.0370. The van der Waals surface area contributed by atoms with Crippen LogP contribution in [-0.2, 0) is 23.9 Å². The average Bonchev–Trinajstić information content (AvgIpc) is 3.45. The number of hydrogen-bond donors (Lipinski definition) is 3. The number of likely N-dealkylation sites (tertiary alicyclic amines) is 1. The van der Waals surface area contributed by atoms with Crippen molar-refractivity contribution in [1.82, 2.24) is 25.4 Å². The summed E-state index contributed by atoms with van der Waals surface area (Å²) in [7, 11) is 3.64. The van der Waals surface area contributed by atoms with Gasteiger partial charge in [-0.15, -0.1) is 11.3 Å². The molecule has 2 heterocycles. The van der Waals surface area contributed by atoms with Gasteiger partial charge in [-0.05, 0) is 38.3 Å². The van der Waals surface area contributed by atoms with Crippen molar-refractivity contribution < 1.29 is 33.8 Å². The van der Waals surface area contributed by atoms with Gasteiger partial charge in [0.15, 0.2) is 6.10 Å². The van der Waals surface area contributed by atoms with Gasteiger partial charge in [0.05, 0.1) is 12.0 Å². The van der Waals surface area contributed by atoms with Crippen molar-refractivity contribution in [2.24, 2.45) is 17.8 Å². The van der Waals surface area contributed by atoms with Crippen LogP contribution in [0, 0.1) is 17.8 Å². The number of rotatable bonds is 15. The van der Waals surface area contributed by atoms with Crippen LogP contribution in [0.25, 0.3) is 0 Å². The SMILES string of the molecule is CC[C@H](C)[C@H](NC(=O)[C@H]1CCCCN1C)C(=O)N(C)C(C[C@@H](OC(C)=O)c1nc(C(=O)NCC(C)C(=O)O)cs1)C(C)C. The summed E-state index contributed by atoms with van der Waals surface area (Å²) in [6.07, 6.45) is 2.88. The molecule has 242 valence electrons. The van der Waals surface area contributed by atoms with Crippen molar-refractivity contribution in [2.45, 2.75) is 97.9 Å². The maximum absolute atomic E-state index is 14.0. The molecule has 6 atom stereocenters. The molecule has 3 N–H and O–H groups in total. The molecular formula is C30H49N5O7S. The lowest BCUT2D eigenvalue weighted by Crippen LogP contribution is -2.58. The van der Waals surface area contributed by atoms with Crippen LogP contribution in [0.2, 0.25) is 0 Å². The molecule has 12 nitrogen and oxygen atoms in total. The summed E-state index contributed by atoms with van der Waals surface area (Å²) in [5.41, 5.74) is 0.0903. The molecule has 0 bridgehead atoms. The molecule has 3 amide bonds. The summed E-state index contributed by atoms with van der Waals surface area (Å²) in [6, 6.07) is -1.36. The highest BCUT2D eigenvalue weighted by molar-refractivity contribution is 7.09. The van der Waals surface area contributed by atoms with Crippen LogP contribution in [0.4, 0.5) is 0 Å². The molecule has 0 aliphatic carbocycles. The maximum atomic E-state index is 14.0. The van der Waals surface area contributed by atoms with Gasteiger partial charge >= 0.3 is 11.9 Å². The van der Waals surface area contributed by atoms with Gasteiger partial charge in [0.2, 0.25) is 11.8 Å². The third kappa shape index (κ3) is 10.3. The van der Waals surface area contributed by atoms with E-state index in [4.69, 9.17) is 9.84 Å². The Morgan fingerprint density at radius 1 is 1.19 bits per heavy atom. The van der Waals surface area contributed by atoms with Crippen LogP contribution in [0.15, 0.2) is 5.38 Å². The Morgan fingerprint density at radius 2 is 1.86 bits per heavy atom. The largest absolute Gasteiger partial charge is 0.481 e. The van der Waals surface area contributed by atoms with Gasteiger partial charge in [0, 0.05) is 38.4 Å². The molecule has 0 radical (unpaired) electrons. The fourth-order valence-corrected chi connectivity index (χ4v) is 6.02. The van der Waals surface area contributed by atoms with Crippen LogP contribution in [0.1, 0.15) is 95.2 Å². The zero-order valence-electron chi connectivity index (χ0n) is 26.7. The van der Waals surface area contributed by atoms with Crippen molar-refractivity contribution >= 4 is 41.0 Å². The smallest absolute Gasteiger partial charge is 0.308 e. The number of aliphatic carboxylic acids is 1. The standard InChI is InChI=1S/C30H49N5O7S/c1-9-18(4)25(33-27(38)22-12-10-11-13-34(22)7)29(39)35(8)23(17(2)3)14-24(42-20(6)36)28-32-21(16-43-28)26(37)31-15-19(5)30(40)41/h16-19,22-25H,9-15H2,1-8H3,(H,31,37)(H,33,38)(H,40,41)/t18-,19?,22+,23?,24+,25-/m0/s1. The summed E-state index contributed by atoms with van der Waals surface area (Å²) < 4.78 is 5.64. The number of carbonyl (C=O) groups excluding carboxylic acids is 4. The van der Waals surface area contributed by atoms with E-state index >= 15 is 0 Å². The number of aromatic nitrogens is 1. The highest BCUT2D eigenvalue weighted by Crippen LogP contribution is 2.31. The third-order valence-electron chi connectivity index (χ3n) is 8.25. The zero-order valence-corrected chi connectivity index (χ0v) is 27.5. The van der Waals surface area contributed by atoms with Gasteiger partial charge in [0.25, 0.3) is 5.91 Å². The van der Waals surface area contributed by atoms with Crippen LogP contribution < -0.4 is 10.6 Å². The first-order chi connectivity index (χ1) is 20.2. The number of carboxylic acids is 1. The van der Waals surface area contributed by atoms with Gasteiger partial charge in [-0.25, -0.2) is 4.98 Å². The predicted molar refractivity (Wildman–Crippen MR) is 163 cm³/mol. The number of carboxylic acid groups (broad SMARTS) is 1. The van der Waals surface area contributed by atoms with Crippen LogP contribution in [-0.4, -0.2) is 94.9 Å². The highest BCUT2D eigenvalue weighted by Gasteiger charge is 2.37. The molecule has 1 aromatic heterocycles. The first-order valence-electron chi connectivity index (χ1n) is 15.1. The minimum atomic E-state index is -1.02. The van der Waals surface area contributed by atoms with Gasteiger partial charge in [-0.2, -0.15) is 0 Å². The second-order valence-electron chi connectivity index (χ2n) is 12.0. The number of ether oxygens (including phenoxy) is 1. The van der Waals surface area contributed by atoms with Gasteiger partial charge in [-0.3, -0.25) is 28.9 Å². The van der Waals surface area contributed by atoms with E-state index < -0.39 is 35.9 Å². The van der Waals surface area contributed by atoms with E-state index in [0.29, 0.717) is 11.4 Å². The number of thiazole rings is 1. The monoisotopic (exact) mass is 623 g/mol. The van der Waals surface area contributed by atoms with Crippen molar-refractivity contribution in [3.8, 4) is 0 Å². The van der Waals surface area contributed by atoms with E-state index in [-0.39, 0.29) is 54.4 Å². The number of amides is 3. The summed E-state index contributed by atoms with van der Waals surface area (Å²) >= 11 is 1.15. The van der Waals surface area contributed by atoms with Gasteiger partial charge in [0.1, 0.15) is 16.7 Å². The number of likely N-dealkylation sites (N-methyl/N-ethyl adjacent to an activating group) is 2. The predicted octanol–water partition coefficient (Wildman–Crippen LogP) is 3.09. The van der Waals surface area contributed by atoms with E-state index in [1.807, 2.05) is 39.6 Å². The Hall–Kier alpha value is -3.06. The second kappa shape index (κ2) is 16.7. The number of nitrogens with zero attached hydrogens (tertiary/aromatic N) is 3. The maximum Gasteiger partial charge on any atom is 0.308 e. The molecule has 13 heteroatoms.